The minimum absolute atomic E-state index is 0.0417. The standard InChI is InChI=1S/C21H30ClN3O3/c1-21(2,3)20(27)25-10-5-6-16(25)19(26)23-15-9-11-24(13-15)17-12-14(22)7-8-18(17)28-4/h7-8,12,15-16H,5-6,9-11,13H2,1-4H3,(H,23,26). The number of carbonyl (C=O) groups is 2. The summed E-state index contributed by atoms with van der Waals surface area (Å²) in [5.74, 6) is 0.774. The molecule has 2 amide bonds. The molecule has 2 saturated heterocycles. The lowest BCUT2D eigenvalue weighted by Gasteiger charge is -2.31. The smallest absolute Gasteiger partial charge is 0.243 e. The van der Waals surface area contributed by atoms with E-state index in [1.165, 1.54) is 0 Å². The first-order valence-electron chi connectivity index (χ1n) is 9.90. The Morgan fingerprint density at radius 3 is 2.64 bits per heavy atom. The number of nitrogens with one attached hydrogen (secondary N) is 1. The van der Waals surface area contributed by atoms with Gasteiger partial charge < -0.3 is 19.9 Å². The van der Waals surface area contributed by atoms with Crippen LogP contribution in [-0.4, -0.2) is 55.5 Å². The van der Waals surface area contributed by atoms with Crippen LogP contribution in [0.5, 0.6) is 5.75 Å². The second kappa shape index (κ2) is 8.19. The van der Waals surface area contributed by atoms with Crippen LogP contribution in [0.4, 0.5) is 5.69 Å². The molecule has 0 aliphatic carbocycles. The lowest BCUT2D eigenvalue weighted by atomic mass is 9.94. The molecule has 3 rings (SSSR count). The number of carbonyl (C=O) groups excluding carboxylic acids is 2. The highest BCUT2D eigenvalue weighted by molar-refractivity contribution is 6.30. The van der Waals surface area contributed by atoms with Gasteiger partial charge >= 0.3 is 0 Å². The topological polar surface area (TPSA) is 61.9 Å². The van der Waals surface area contributed by atoms with Crippen molar-refractivity contribution in [1.29, 1.82) is 0 Å². The van der Waals surface area contributed by atoms with Crippen LogP contribution < -0.4 is 15.0 Å². The number of ether oxygens (including phenoxy) is 1. The SMILES string of the molecule is COc1ccc(Cl)cc1N1CCC(NC(=O)C2CCCN2C(=O)C(C)(C)C)C1. The minimum Gasteiger partial charge on any atom is -0.495 e. The van der Waals surface area contributed by atoms with Gasteiger partial charge in [-0.05, 0) is 37.5 Å². The maximum atomic E-state index is 12.9. The zero-order chi connectivity index (χ0) is 20.5. The van der Waals surface area contributed by atoms with Crippen molar-refractivity contribution >= 4 is 29.1 Å². The Balaban J connectivity index is 1.63. The van der Waals surface area contributed by atoms with Crippen molar-refractivity contribution in [3.63, 3.8) is 0 Å². The summed E-state index contributed by atoms with van der Waals surface area (Å²) in [4.78, 5) is 29.5. The predicted octanol–water partition coefficient (Wildman–Crippen LogP) is 3.08. The second-order valence-electron chi connectivity index (χ2n) is 8.66. The lowest BCUT2D eigenvalue weighted by Crippen LogP contribution is -2.51. The van der Waals surface area contributed by atoms with Crippen molar-refractivity contribution in [2.45, 2.75) is 52.1 Å². The number of nitrogens with zero attached hydrogens (tertiary/aromatic N) is 2. The van der Waals surface area contributed by atoms with E-state index in [4.69, 9.17) is 16.3 Å². The van der Waals surface area contributed by atoms with Crippen LogP contribution >= 0.6 is 11.6 Å². The molecule has 1 aromatic rings. The number of halogens is 1. The predicted molar refractivity (Wildman–Crippen MR) is 111 cm³/mol. The molecule has 154 valence electrons. The van der Waals surface area contributed by atoms with Crippen molar-refractivity contribution in [1.82, 2.24) is 10.2 Å². The molecular formula is C21H30ClN3O3. The minimum atomic E-state index is -0.476. The summed E-state index contributed by atoms with van der Waals surface area (Å²) < 4.78 is 5.45. The molecule has 0 bridgehead atoms. The van der Waals surface area contributed by atoms with Crippen molar-refractivity contribution in [2.75, 3.05) is 31.6 Å². The fourth-order valence-electron chi connectivity index (χ4n) is 4.02. The maximum Gasteiger partial charge on any atom is 0.243 e. The molecule has 0 radical (unpaired) electrons. The molecule has 2 unspecified atom stereocenters. The molecule has 1 aromatic carbocycles. The Morgan fingerprint density at radius 2 is 1.96 bits per heavy atom. The molecule has 1 N–H and O–H groups in total. The van der Waals surface area contributed by atoms with Crippen LogP contribution in [0.25, 0.3) is 0 Å². The number of hydrogen-bond donors (Lipinski definition) is 1. The number of anilines is 1. The molecule has 0 spiro atoms. The van der Waals surface area contributed by atoms with Gasteiger partial charge in [0.25, 0.3) is 0 Å². The van der Waals surface area contributed by atoms with Gasteiger partial charge in [0.05, 0.1) is 12.8 Å². The van der Waals surface area contributed by atoms with E-state index in [1.54, 1.807) is 18.1 Å². The Morgan fingerprint density at radius 1 is 1.21 bits per heavy atom. The number of benzene rings is 1. The average Bonchev–Trinajstić information content (AvgIpc) is 3.29. The van der Waals surface area contributed by atoms with Crippen LogP contribution in [0.15, 0.2) is 18.2 Å². The summed E-state index contributed by atoms with van der Waals surface area (Å²) >= 11 is 6.15. The third-order valence-electron chi connectivity index (χ3n) is 5.47. The summed E-state index contributed by atoms with van der Waals surface area (Å²) in [5.41, 5.74) is 0.466. The number of hydrogen-bond acceptors (Lipinski definition) is 4. The van der Waals surface area contributed by atoms with Crippen molar-refractivity contribution < 1.29 is 14.3 Å². The molecule has 0 saturated carbocycles. The summed E-state index contributed by atoms with van der Waals surface area (Å²) in [6.07, 6.45) is 2.45. The monoisotopic (exact) mass is 407 g/mol. The van der Waals surface area contributed by atoms with Crippen LogP contribution in [0.1, 0.15) is 40.0 Å². The first-order chi connectivity index (χ1) is 13.2. The first-order valence-corrected chi connectivity index (χ1v) is 10.3. The van der Waals surface area contributed by atoms with E-state index < -0.39 is 5.41 Å². The Hall–Kier alpha value is -1.95. The van der Waals surface area contributed by atoms with Gasteiger partial charge in [0.15, 0.2) is 0 Å². The zero-order valence-electron chi connectivity index (χ0n) is 17.1. The Bertz CT molecular complexity index is 747. The fourth-order valence-corrected chi connectivity index (χ4v) is 4.18. The zero-order valence-corrected chi connectivity index (χ0v) is 17.9. The molecule has 2 aliphatic heterocycles. The third kappa shape index (κ3) is 4.37. The highest BCUT2D eigenvalue weighted by atomic mass is 35.5. The summed E-state index contributed by atoms with van der Waals surface area (Å²) in [7, 11) is 1.64. The van der Waals surface area contributed by atoms with Crippen LogP contribution in [0.2, 0.25) is 5.02 Å². The molecule has 28 heavy (non-hydrogen) atoms. The molecular weight excluding hydrogens is 378 g/mol. The van der Waals surface area contributed by atoms with E-state index in [0.717, 1.165) is 37.2 Å². The number of likely N-dealkylation sites (tertiary alicyclic amines) is 1. The van der Waals surface area contributed by atoms with Crippen LogP contribution in [0, 0.1) is 5.41 Å². The van der Waals surface area contributed by atoms with E-state index in [-0.39, 0.29) is 23.9 Å². The molecule has 0 aromatic heterocycles. The van der Waals surface area contributed by atoms with E-state index >= 15 is 0 Å². The fraction of sp³-hybridized carbons (Fsp3) is 0.619. The van der Waals surface area contributed by atoms with Gasteiger partial charge in [0.1, 0.15) is 11.8 Å². The van der Waals surface area contributed by atoms with E-state index in [0.29, 0.717) is 18.1 Å². The summed E-state index contributed by atoms with van der Waals surface area (Å²) in [6, 6.07) is 5.24. The van der Waals surface area contributed by atoms with Gasteiger partial charge in [-0.15, -0.1) is 0 Å². The largest absolute Gasteiger partial charge is 0.495 e. The van der Waals surface area contributed by atoms with Crippen LogP contribution in [-0.2, 0) is 9.59 Å². The van der Waals surface area contributed by atoms with E-state index in [2.05, 4.69) is 10.2 Å². The van der Waals surface area contributed by atoms with Gasteiger partial charge in [-0.2, -0.15) is 0 Å². The number of amides is 2. The van der Waals surface area contributed by atoms with E-state index in [9.17, 15) is 9.59 Å². The number of rotatable bonds is 4. The van der Waals surface area contributed by atoms with Gasteiger partial charge in [0.2, 0.25) is 11.8 Å². The molecule has 2 aliphatic rings. The number of methoxy groups -OCH3 is 1. The molecule has 2 atom stereocenters. The Kier molecular flexibility index (Phi) is 6.08. The third-order valence-corrected chi connectivity index (χ3v) is 5.71. The molecule has 2 fully saturated rings. The van der Waals surface area contributed by atoms with Gasteiger partial charge in [-0.1, -0.05) is 32.4 Å². The molecule has 2 heterocycles. The normalized spacial score (nSPS) is 22.5. The van der Waals surface area contributed by atoms with E-state index in [1.807, 2.05) is 32.9 Å². The highest BCUT2D eigenvalue weighted by Crippen LogP contribution is 2.33. The van der Waals surface area contributed by atoms with Crippen molar-refractivity contribution in [3.8, 4) is 5.75 Å². The molecule has 6 nitrogen and oxygen atoms in total. The average molecular weight is 408 g/mol. The van der Waals surface area contributed by atoms with Gasteiger partial charge in [0, 0.05) is 36.1 Å². The summed E-state index contributed by atoms with van der Waals surface area (Å²) in [5, 5.41) is 3.82. The maximum absolute atomic E-state index is 12.9. The van der Waals surface area contributed by atoms with Crippen molar-refractivity contribution in [2.24, 2.45) is 5.41 Å². The molecule has 7 heteroatoms. The Labute approximate surface area is 172 Å². The second-order valence-corrected chi connectivity index (χ2v) is 9.10. The first kappa shape index (κ1) is 20.8. The van der Waals surface area contributed by atoms with Gasteiger partial charge in [-0.25, -0.2) is 0 Å². The lowest BCUT2D eigenvalue weighted by molar-refractivity contribution is -0.144. The van der Waals surface area contributed by atoms with Crippen molar-refractivity contribution in [3.05, 3.63) is 23.2 Å². The quantitative estimate of drug-likeness (QED) is 0.833. The summed E-state index contributed by atoms with van der Waals surface area (Å²) in [6.45, 7) is 7.87. The van der Waals surface area contributed by atoms with Gasteiger partial charge in [-0.3, -0.25) is 9.59 Å². The highest BCUT2D eigenvalue weighted by Gasteiger charge is 2.39. The van der Waals surface area contributed by atoms with Crippen LogP contribution in [0.3, 0.4) is 0 Å².